The first kappa shape index (κ1) is 15.5. The molecule has 0 amide bonds. The van der Waals surface area contributed by atoms with Crippen LogP contribution >= 0.6 is 11.8 Å². The van der Waals surface area contributed by atoms with Crippen LogP contribution in [0, 0.1) is 11.3 Å². The van der Waals surface area contributed by atoms with E-state index >= 15 is 0 Å². The van der Waals surface area contributed by atoms with Gasteiger partial charge in [0, 0.05) is 30.2 Å². The Bertz CT molecular complexity index is 655. The average molecular weight is 300 g/mol. The average Bonchev–Trinajstić information content (AvgIpc) is 2.85. The van der Waals surface area contributed by atoms with Gasteiger partial charge in [0.25, 0.3) is 0 Å². The zero-order valence-corrected chi connectivity index (χ0v) is 13.5. The maximum absolute atomic E-state index is 9.41. The lowest BCUT2D eigenvalue weighted by molar-refractivity contribution is 0.746. The normalized spacial score (nSPS) is 10.4. The molecule has 110 valence electrons. The topological polar surface area (TPSA) is 53.6 Å². The van der Waals surface area contributed by atoms with E-state index in [1.165, 1.54) is 5.56 Å². The van der Waals surface area contributed by atoms with Crippen molar-refractivity contribution in [3.8, 4) is 6.07 Å². The molecule has 2 rings (SSSR count). The number of rotatable bonds is 6. The lowest BCUT2D eigenvalue weighted by atomic mass is 10.1. The number of anilines is 1. The first-order chi connectivity index (χ1) is 10.2. The molecular weight excluding hydrogens is 280 g/mol. The summed E-state index contributed by atoms with van der Waals surface area (Å²) in [5.74, 6) is 0.959. The summed E-state index contributed by atoms with van der Waals surface area (Å²) < 4.78 is 1.84. The summed E-state index contributed by atoms with van der Waals surface area (Å²) in [5.41, 5.74) is 3.90. The summed E-state index contributed by atoms with van der Waals surface area (Å²) in [5, 5.41) is 17.2. The van der Waals surface area contributed by atoms with Crippen molar-refractivity contribution in [3.63, 3.8) is 0 Å². The fourth-order valence-electron chi connectivity index (χ4n) is 2.29. The highest BCUT2D eigenvalue weighted by molar-refractivity contribution is 7.99. The highest BCUT2D eigenvalue weighted by atomic mass is 32.2. The number of nitrogens with one attached hydrogen (secondary N) is 1. The van der Waals surface area contributed by atoms with Gasteiger partial charge in [-0.2, -0.15) is 10.4 Å². The first-order valence-corrected chi connectivity index (χ1v) is 8.09. The zero-order valence-electron chi connectivity index (χ0n) is 12.7. The minimum Gasteiger partial charge on any atom is -0.380 e. The van der Waals surface area contributed by atoms with Crippen LogP contribution < -0.4 is 5.32 Å². The highest BCUT2D eigenvalue weighted by Crippen LogP contribution is 2.28. The molecule has 0 bridgehead atoms. The third-order valence-electron chi connectivity index (χ3n) is 3.23. The maximum atomic E-state index is 9.41. The minimum absolute atomic E-state index is 0.686. The van der Waals surface area contributed by atoms with Crippen molar-refractivity contribution in [2.24, 2.45) is 7.05 Å². The van der Waals surface area contributed by atoms with Crippen molar-refractivity contribution in [2.45, 2.75) is 31.7 Å². The van der Waals surface area contributed by atoms with Gasteiger partial charge in [0.1, 0.15) is 6.07 Å². The predicted molar refractivity (Wildman–Crippen MR) is 87.5 cm³/mol. The van der Waals surface area contributed by atoms with Gasteiger partial charge in [-0.3, -0.25) is 4.68 Å². The Morgan fingerprint density at radius 1 is 1.38 bits per heavy atom. The minimum atomic E-state index is 0.686. The summed E-state index contributed by atoms with van der Waals surface area (Å²) in [6.07, 6.45) is 2.94. The molecule has 1 heterocycles. The summed E-state index contributed by atoms with van der Waals surface area (Å²) in [7, 11) is 1.93. The predicted octanol–water partition coefficient (Wildman–Crippen LogP) is 3.58. The van der Waals surface area contributed by atoms with Crippen molar-refractivity contribution >= 4 is 17.4 Å². The molecule has 0 aliphatic heterocycles. The van der Waals surface area contributed by atoms with Gasteiger partial charge in [-0.1, -0.05) is 19.9 Å². The Morgan fingerprint density at radius 3 is 2.86 bits per heavy atom. The first-order valence-electron chi connectivity index (χ1n) is 7.10. The molecule has 0 aliphatic rings. The van der Waals surface area contributed by atoms with Crippen molar-refractivity contribution in [1.82, 2.24) is 9.78 Å². The summed E-state index contributed by atoms with van der Waals surface area (Å²) in [6.45, 7) is 4.88. The van der Waals surface area contributed by atoms with E-state index < -0.39 is 0 Å². The standard InChI is InChI=1S/C16H20N4S/c1-4-14-12(11-20(3)19-14)10-18-15-7-6-8-16(21-5-2)13(15)9-17/h6-8,11,18H,4-5,10H2,1-3H3. The van der Waals surface area contributed by atoms with Gasteiger partial charge in [0.15, 0.2) is 0 Å². The Kier molecular flexibility index (Phi) is 5.29. The fraction of sp³-hybridized carbons (Fsp3) is 0.375. The second-order valence-corrected chi connectivity index (χ2v) is 6.01. The molecule has 0 atom stereocenters. The van der Waals surface area contributed by atoms with Crippen LogP contribution in [0.15, 0.2) is 29.3 Å². The van der Waals surface area contributed by atoms with Crippen LogP contribution in [0.25, 0.3) is 0 Å². The Morgan fingerprint density at radius 2 is 2.19 bits per heavy atom. The summed E-state index contributed by atoms with van der Waals surface area (Å²) in [6, 6.07) is 8.26. The Labute approximate surface area is 130 Å². The number of hydrogen-bond acceptors (Lipinski definition) is 4. The molecule has 4 nitrogen and oxygen atoms in total. The molecule has 1 N–H and O–H groups in total. The van der Waals surface area contributed by atoms with E-state index in [-0.39, 0.29) is 0 Å². The van der Waals surface area contributed by atoms with Gasteiger partial charge in [-0.15, -0.1) is 11.8 Å². The smallest absolute Gasteiger partial charge is 0.102 e. The second-order valence-electron chi connectivity index (χ2n) is 4.71. The van der Waals surface area contributed by atoms with Crippen molar-refractivity contribution in [3.05, 3.63) is 41.2 Å². The molecule has 5 heteroatoms. The number of aromatic nitrogens is 2. The van der Waals surface area contributed by atoms with Crippen molar-refractivity contribution < 1.29 is 0 Å². The van der Waals surface area contributed by atoms with Crippen LogP contribution in [0.2, 0.25) is 0 Å². The molecule has 1 aromatic heterocycles. The number of nitrogens with zero attached hydrogens (tertiary/aromatic N) is 3. The van der Waals surface area contributed by atoms with Crippen LogP contribution in [0.5, 0.6) is 0 Å². The van der Waals surface area contributed by atoms with E-state index in [0.717, 1.165) is 34.0 Å². The second kappa shape index (κ2) is 7.19. The van der Waals surface area contributed by atoms with E-state index in [9.17, 15) is 5.26 Å². The summed E-state index contributed by atoms with van der Waals surface area (Å²) >= 11 is 1.70. The number of nitriles is 1. The third kappa shape index (κ3) is 3.59. The van der Waals surface area contributed by atoms with Gasteiger partial charge in [0.2, 0.25) is 0 Å². The van der Waals surface area contributed by atoms with E-state index in [4.69, 9.17) is 0 Å². The molecule has 21 heavy (non-hydrogen) atoms. The SMILES string of the molecule is CCSc1cccc(NCc2cn(C)nc2CC)c1C#N. The quantitative estimate of drug-likeness (QED) is 0.829. The molecular formula is C16H20N4S. The van der Waals surface area contributed by atoms with Gasteiger partial charge in [-0.05, 0) is 24.3 Å². The molecule has 1 aromatic carbocycles. The number of aryl methyl sites for hydroxylation is 2. The summed E-state index contributed by atoms with van der Waals surface area (Å²) in [4.78, 5) is 1.03. The molecule has 0 saturated heterocycles. The van der Waals surface area contributed by atoms with E-state index in [1.807, 2.05) is 36.1 Å². The van der Waals surface area contributed by atoms with E-state index in [2.05, 4.69) is 30.3 Å². The van der Waals surface area contributed by atoms with Crippen LogP contribution in [0.4, 0.5) is 5.69 Å². The molecule has 0 aliphatic carbocycles. The lowest BCUT2D eigenvalue weighted by Gasteiger charge is -2.11. The largest absolute Gasteiger partial charge is 0.380 e. The number of hydrogen-bond donors (Lipinski definition) is 1. The molecule has 0 unspecified atom stereocenters. The highest BCUT2D eigenvalue weighted by Gasteiger charge is 2.10. The monoisotopic (exact) mass is 300 g/mol. The maximum Gasteiger partial charge on any atom is 0.102 e. The number of benzene rings is 1. The molecule has 0 spiro atoms. The fourth-order valence-corrected chi connectivity index (χ4v) is 3.07. The molecule has 0 fully saturated rings. The van der Waals surface area contributed by atoms with Crippen molar-refractivity contribution in [2.75, 3.05) is 11.1 Å². The van der Waals surface area contributed by atoms with Gasteiger partial charge in [-0.25, -0.2) is 0 Å². The van der Waals surface area contributed by atoms with Gasteiger partial charge in [0.05, 0.1) is 16.9 Å². The molecule has 0 radical (unpaired) electrons. The van der Waals surface area contributed by atoms with Crippen LogP contribution in [0.3, 0.4) is 0 Å². The van der Waals surface area contributed by atoms with E-state index in [1.54, 1.807) is 11.8 Å². The Hall–Kier alpha value is -1.93. The van der Waals surface area contributed by atoms with Crippen LogP contribution in [-0.4, -0.2) is 15.5 Å². The lowest BCUT2D eigenvalue weighted by Crippen LogP contribution is -2.03. The van der Waals surface area contributed by atoms with Crippen molar-refractivity contribution in [1.29, 1.82) is 5.26 Å². The Balaban J connectivity index is 2.20. The molecule has 0 saturated carbocycles. The van der Waals surface area contributed by atoms with Gasteiger partial charge < -0.3 is 5.32 Å². The van der Waals surface area contributed by atoms with Crippen LogP contribution in [-0.2, 0) is 20.0 Å². The number of thioether (sulfide) groups is 1. The third-order valence-corrected chi connectivity index (χ3v) is 4.17. The van der Waals surface area contributed by atoms with Gasteiger partial charge >= 0.3 is 0 Å². The molecule has 2 aromatic rings. The van der Waals surface area contributed by atoms with Crippen LogP contribution in [0.1, 0.15) is 30.7 Å². The van der Waals surface area contributed by atoms with E-state index in [0.29, 0.717) is 6.54 Å². The zero-order chi connectivity index (χ0) is 15.2.